The molecule has 4 nitrogen and oxygen atoms in total. The van der Waals surface area contributed by atoms with Gasteiger partial charge in [0.05, 0.1) is 0 Å². The van der Waals surface area contributed by atoms with E-state index in [1.165, 1.54) is 4.90 Å². The van der Waals surface area contributed by atoms with Gasteiger partial charge < -0.3 is 15.7 Å². The van der Waals surface area contributed by atoms with Gasteiger partial charge in [-0.3, -0.25) is 0 Å². The van der Waals surface area contributed by atoms with Gasteiger partial charge in [0.1, 0.15) is 0 Å². The van der Waals surface area contributed by atoms with Crippen molar-refractivity contribution in [3.63, 3.8) is 0 Å². The fraction of sp³-hybridized carbons (Fsp3) is 0.875. The summed E-state index contributed by atoms with van der Waals surface area (Å²) < 4.78 is 0. The second kappa shape index (κ2) is 2.36. The Balaban J connectivity index is 2.11. The summed E-state index contributed by atoms with van der Waals surface area (Å²) in [7, 11) is 0. The van der Waals surface area contributed by atoms with E-state index in [9.17, 15) is 4.79 Å². The van der Waals surface area contributed by atoms with Crippen LogP contribution in [-0.4, -0.2) is 34.7 Å². The number of rotatable bonds is 0. The average molecular weight is 170 g/mol. The first-order valence-electron chi connectivity index (χ1n) is 4.36. The number of hydrogen-bond donors (Lipinski definition) is 2. The number of nitrogens with two attached hydrogens (primary N) is 1. The molecule has 0 radical (unpaired) electrons. The van der Waals surface area contributed by atoms with Crippen molar-refractivity contribution in [2.24, 2.45) is 11.7 Å². The van der Waals surface area contributed by atoms with Crippen LogP contribution in [0.4, 0.5) is 4.79 Å². The summed E-state index contributed by atoms with van der Waals surface area (Å²) in [5.74, 6) is 0.514. The van der Waals surface area contributed by atoms with E-state index in [4.69, 9.17) is 10.8 Å². The number of piperidine rings is 1. The molecule has 4 heteroatoms. The van der Waals surface area contributed by atoms with Gasteiger partial charge in [0.2, 0.25) is 0 Å². The van der Waals surface area contributed by atoms with Gasteiger partial charge in [-0.05, 0) is 25.2 Å². The molecule has 1 saturated carbocycles. The zero-order valence-electron chi connectivity index (χ0n) is 6.99. The smallest absolute Gasteiger partial charge is 0.407 e. The molecule has 2 aliphatic rings. The van der Waals surface area contributed by atoms with Crippen molar-refractivity contribution in [3.8, 4) is 0 Å². The molecule has 1 amide bonds. The van der Waals surface area contributed by atoms with Crippen LogP contribution in [0.2, 0.25) is 0 Å². The van der Waals surface area contributed by atoms with E-state index >= 15 is 0 Å². The molecule has 2 fully saturated rings. The number of carbonyl (C=O) groups is 1. The Bertz CT molecular complexity index is 219. The van der Waals surface area contributed by atoms with Crippen LogP contribution < -0.4 is 5.73 Å². The van der Waals surface area contributed by atoms with Gasteiger partial charge in [-0.1, -0.05) is 0 Å². The molecule has 68 valence electrons. The van der Waals surface area contributed by atoms with Gasteiger partial charge in [-0.15, -0.1) is 0 Å². The van der Waals surface area contributed by atoms with Gasteiger partial charge in [-0.25, -0.2) is 4.79 Å². The monoisotopic (exact) mass is 170 g/mol. The summed E-state index contributed by atoms with van der Waals surface area (Å²) in [4.78, 5) is 12.1. The van der Waals surface area contributed by atoms with Crippen LogP contribution in [-0.2, 0) is 0 Å². The Morgan fingerprint density at radius 1 is 1.67 bits per heavy atom. The molecule has 0 aromatic rings. The topological polar surface area (TPSA) is 66.6 Å². The maximum Gasteiger partial charge on any atom is 0.407 e. The predicted octanol–water partition coefficient (Wildman–Crippen LogP) is 0.478. The molecule has 12 heavy (non-hydrogen) atoms. The van der Waals surface area contributed by atoms with E-state index in [0.717, 1.165) is 19.3 Å². The lowest BCUT2D eigenvalue weighted by Gasteiger charge is -2.36. The molecule has 1 heterocycles. The van der Waals surface area contributed by atoms with Crippen molar-refractivity contribution in [1.82, 2.24) is 4.90 Å². The van der Waals surface area contributed by atoms with E-state index in [-0.39, 0.29) is 5.54 Å². The lowest BCUT2D eigenvalue weighted by molar-refractivity contribution is 0.109. The molecule has 0 aromatic carbocycles. The first-order chi connectivity index (χ1) is 5.59. The highest BCUT2D eigenvalue weighted by atomic mass is 16.4. The largest absolute Gasteiger partial charge is 0.465 e. The predicted molar refractivity (Wildman–Crippen MR) is 43.9 cm³/mol. The summed E-state index contributed by atoms with van der Waals surface area (Å²) in [6.07, 6.45) is 2.27. The fourth-order valence-electron chi connectivity index (χ4n) is 2.47. The lowest BCUT2D eigenvalue weighted by atomic mass is 9.92. The second-order valence-electron chi connectivity index (χ2n) is 4.13. The number of likely N-dealkylation sites (tertiary alicyclic amines) is 1. The summed E-state index contributed by atoms with van der Waals surface area (Å²) in [6.45, 7) is 1.22. The standard InChI is InChI=1S/C8H14N2O2/c9-8-2-1-6(3-8)4-10(5-8)7(11)12/h6H,1-5,9H2,(H,11,12). The molecule has 1 aliphatic carbocycles. The van der Waals surface area contributed by atoms with E-state index < -0.39 is 6.09 Å². The van der Waals surface area contributed by atoms with Gasteiger partial charge in [-0.2, -0.15) is 0 Å². The van der Waals surface area contributed by atoms with Crippen molar-refractivity contribution < 1.29 is 9.90 Å². The van der Waals surface area contributed by atoms with E-state index in [0.29, 0.717) is 19.0 Å². The van der Waals surface area contributed by atoms with Crippen molar-refractivity contribution in [2.75, 3.05) is 13.1 Å². The Kier molecular flexibility index (Phi) is 1.54. The van der Waals surface area contributed by atoms with Crippen LogP contribution >= 0.6 is 0 Å². The third-order valence-corrected chi connectivity index (χ3v) is 3.00. The Labute approximate surface area is 71.3 Å². The van der Waals surface area contributed by atoms with Crippen molar-refractivity contribution in [2.45, 2.75) is 24.8 Å². The third kappa shape index (κ3) is 1.16. The molecule has 2 bridgehead atoms. The first-order valence-corrected chi connectivity index (χ1v) is 4.36. The molecule has 0 spiro atoms. The van der Waals surface area contributed by atoms with Gasteiger partial charge in [0.15, 0.2) is 0 Å². The summed E-state index contributed by atoms with van der Waals surface area (Å²) in [5, 5.41) is 8.79. The quantitative estimate of drug-likeness (QED) is 0.555. The maximum absolute atomic E-state index is 10.7. The molecular formula is C8H14N2O2. The minimum Gasteiger partial charge on any atom is -0.465 e. The molecule has 2 rings (SSSR count). The van der Waals surface area contributed by atoms with Crippen molar-refractivity contribution in [3.05, 3.63) is 0 Å². The molecule has 3 N–H and O–H groups in total. The van der Waals surface area contributed by atoms with Crippen LogP contribution in [0, 0.1) is 5.92 Å². The van der Waals surface area contributed by atoms with Crippen LogP contribution in [0.5, 0.6) is 0 Å². The zero-order valence-corrected chi connectivity index (χ0v) is 6.99. The fourth-order valence-corrected chi connectivity index (χ4v) is 2.47. The zero-order chi connectivity index (χ0) is 8.77. The van der Waals surface area contributed by atoms with Crippen LogP contribution in [0.1, 0.15) is 19.3 Å². The lowest BCUT2D eigenvalue weighted by Crippen LogP contribution is -2.54. The van der Waals surface area contributed by atoms with E-state index in [2.05, 4.69) is 0 Å². The van der Waals surface area contributed by atoms with Crippen LogP contribution in [0.15, 0.2) is 0 Å². The number of hydrogen-bond acceptors (Lipinski definition) is 2. The Morgan fingerprint density at radius 3 is 3.00 bits per heavy atom. The highest BCUT2D eigenvalue weighted by Crippen LogP contribution is 2.37. The highest BCUT2D eigenvalue weighted by molar-refractivity contribution is 5.65. The van der Waals surface area contributed by atoms with Crippen LogP contribution in [0.3, 0.4) is 0 Å². The van der Waals surface area contributed by atoms with E-state index in [1.807, 2.05) is 0 Å². The number of amides is 1. The Hall–Kier alpha value is -0.770. The molecule has 2 unspecified atom stereocenters. The van der Waals surface area contributed by atoms with E-state index in [1.54, 1.807) is 0 Å². The molecule has 0 aromatic heterocycles. The first kappa shape index (κ1) is 7.86. The summed E-state index contributed by atoms with van der Waals surface area (Å²) >= 11 is 0. The number of carboxylic acid groups (broad SMARTS) is 1. The Morgan fingerprint density at radius 2 is 2.42 bits per heavy atom. The molecular weight excluding hydrogens is 156 g/mol. The maximum atomic E-state index is 10.7. The van der Waals surface area contributed by atoms with Crippen molar-refractivity contribution >= 4 is 6.09 Å². The van der Waals surface area contributed by atoms with Crippen molar-refractivity contribution in [1.29, 1.82) is 0 Å². The van der Waals surface area contributed by atoms with Crippen LogP contribution in [0.25, 0.3) is 0 Å². The third-order valence-electron chi connectivity index (χ3n) is 3.00. The minimum atomic E-state index is -0.823. The summed E-state index contributed by atoms with van der Waals surface area (Å²) in [6, 6.07) is 0. The highest BCUT2D eigenvalue weighted by Gasteiger charge is 2.43. The summed E-state index contributed by atoms with van der Waals surface area (Å²) in [5.41, 5.74) is 5.82. The average Bonchev–Trinajstić information content (AvgIpc) is 2.25. The minimum absolute atomic E-state index is 0.207. The van der Waals surface area contributed by atoms with Gasteiger partial charge >= 0.3 is 6.09 Å². The number of nitrogens with zero attached hydrogens (tertiary/aromatic N) is 1. The SMILES string of the molecule is NC12CCC(CN(C(=O)O)C1)C2. The molecule has 1 aliphatic heterocycles. The van der Waals surface area contributed by atoms with Gasteiger partial charge in [0.25, 0.3) is 0 Å². The normalized spacial score (nSPS) is 40.1. The second-order valence-corrected chi connectivity index (χ2v) is 4.13. The molecule has 1 saturated heterocycles. The molecule has 2 atom stereocenters. The van der Waals surface area contributed by atoms with Gasteiger partial charge in [0, 0.05) is 18.6 Å². The number of fused-ring (bicyclic) bond motifs is 2.